The molecule has 88 valence electrons. The molecule has 1 aliphatic heterocycles. The van der Waals surface area contributed by atoms with Gasteiger partial charge in [-0.1, -0.05) is 13.8 Å². The minimum absolute atomic E-state index is 0.246. The zero-order valence-corrected chi connectivity index (χ0v) is 9.78. The van der Waals surface area contributed by atoms with E-state index in [0.717, 1.165) is 0 Å². The van der Waals surface area contributed by atoms with E-state index >= 15 is 0 Å². The third kappa shape index (κ3) is 3.02. The Labute approximate surface area is 94.7 Å². The van der Waals surface area contributed by atoms with Gasteiger partial charge in [0.15, 0.2) is 17.5 Å². The van der Waals surface area contributed by atoms with Crippen molar-refractivity contribution in [2.45, 2.75) is 33.6 Å². The summed E-state index contributed by atoms with van der Waals surface area (Å²) in [5.74, 6) is -2.14. The molecule has 1 aliphatic rings. The summed E-state index contributed by atoms with van der Waals surface area (Å²) in [5.41, 5.74) is 0. The first kappa shape index (κ1) is 12.6. The van der Waals surface area contributed by atoms with Crippen molar-refractivity contribution in [3.63, 3.8) is 0 Å². The summed E-state index contributed by atoms with van der Waals surface area (Å²) in [6.07, 6.45) is 2.13. The average molecular weight is 224 g/mol. The van der Waals surface area contributed by atoms with E-state index in [1.165, 1.54) is 13.0 Å². The van der Waals surface area contributed by atoms with Gasteiger partial charge in [-0.15, -0.1) is 0 Å². The summed E-state index contributed by atoms with van der Waals surface area (Å²) in [6, 6.07) is 0. The van der Waals surface area contributed by atoms with Crippen molar-refractivity contribution in [2.24, 2.45) is 11.8 Å². The fourth-order valence-electron chi connectivity index (χ4n) is 1.51. The van der Waals surface area contributed by atoms with E-state index in [4.69, 9.17) is 4.74 Å². The van der Waals surface area contributed by atoms with Gasteiger partial charge in [0.2, 0.25) is 0 Å². The maximum Gasteiger partial charge on any atom is 0.329 e. The summed E-state index contributed by atoms with van der Waals surface area (Å²) < 4.78 is 4.78. The second-order valence-electron chi connectivity index (χ2n) is 4.41. The highest BCUT2D eigenvalue weighted by Crippen LogP contribution is 2.18. The number of cyclic esters (lactones) is 1. The lowest BCUT2D eigenvalue weighted by Gasteiger charge is -2.17. The van der Waals surface area contributed by atoms with Gasteiger partial charge in [0.1, 0.15) is 5.76 Å². The first-order valence-corrected chi connectivity index (χ1v) is 5.38. The molecular weight excluding hydrogens is 208 g/mol. The summed E-state index contributed by atoms with van der Waals surface area (Å²) in [7, 11) is 0. The van der Waals surface area contributed by atoms with E-state index in [1.54, 1.807) is 0 Å². The van der Waals surface area contributed by atoms with Crippen molar-refractivity contribution in [2.75, 3.05) is 0 Å². The van der Waals surface area contributed by atoms with E-state index in [0.29, 0.717) is 12.3 Å². The molecule has 0 amide bonds. The molecule has 0 bridgehead atoms. The molecule has 0 radical (unpaired) electrons. The standard InChI is InChI=1S/C12H16O4/c1-7(2)4-5-9(13)11-10(14)6-8(3)16-12(11)15/h6-7,11H,4-5H2,1-3H3. The van der Waals surface area contributed by atoms with Crippen LogP contribution in [0, 0.1) is 11.8 Å². The Balaban J connectivity index is 2.69. The van der Waals surface area contributed by atoms with E-state index in [9.17, 15) is 14.4 Å². The molecule has 0 spiro atoms. The Hall–Kier alpha value is -1.45. The van der Waals surface area contributed by atoms with Gasteiger partial charge in [-0.25, -0.2) is 0 Å². The molecule has 4 nitrogen and oxygen atoms in total. The van der Waals surface area contributed by atoms with Crippen molar-refractivity contribution in [3.05, 3.63) is 11.8 Å². The number of hydrogen-bond acceptors (Lipinski definition) is 4. The van der Waals surface area contributed by atoms with Gasteiger partial charge in [0.05, 0.1) is 0 Å². The van der Waals surface area contributed by atoms with Crippen LogP contribution in [0.25, 0.3) is 0 Å². The molecule has 1 unspecified atom stereocenters. The zero-order valence-electron chi connectivity index (χ0n) is 9.78. The topological polar surface area (TPSA) is 60.4 Å². The van der Waals surface area contributed by atoms with Gasteiger partial charge in [-0.05, 0) is 19.3 Å². The van der Waals surface area contributed by atoms with Gasteiger partial charge in [0.25, 0.3) is 0 Å². The van der Waals surface area contributed by atoms with Crippen molar-refractivity contribution in [1.82, 2.24) is 0 Å². The number of carbonyl (C=O) groups excluding carboxylic acids is 3. The van der Waals surface area contributed by atoms with Crippen LogP contribution in [0.1, 0.15) is 33.6 Å². The van der Waals surface area contributed by atoms with Gasteiger partial charge < -0.3 is 4.74 Å². The molecule has 1 atom stereocenters. The van der Waals surface area contributed by atoms with Crippen LogP contribution in [0.3, 0.4) is 0 Å². The molecule has 0 saturated heterocycles. The first-order chi connectivity index (χ1) is 7.41. The minimum Gasteiger partial charge on any atom is -0.430 e. The Kier molecular flexibility index (Phi) is 3.99. The molecule has 0 fully saturated rings. The van der Waals surface area contributed by atoms with Crippen LogP contribution in [0.5, 0.6) is 0 Å². The van der Waals surface area contributed by atoms with Crippen LogP contribution < -0.4 is 0 Å². The second-order valence-corrected chi connectivity index (χ2v) is 4.41. The highest BCUT2D eigenvalue weighted by Gasteiger charge is 2.36. The molecule has 0 saturated carbocycles. The highest BCUT2D eigenvalue weighted by atomic mass is 16.5. The van der Waals surface area contributed by atoms with Gasteiger partial charge in [-0.3, -0.25) is 14.4 Å². The van der Waals surface area contributed by atoms with Crippen molar-refractivity contribution in [1.29, 1.82) is 0 Å². The van der Waals surface area contributed by atoms with Crippen LogP contribution in [-0.2, 0) is 19.1 Å². The monoisotopic (exact) mass is 224 g/mol. The Bertz CT molecular complexity index is 352. The van der Waals surface area contributed by atoms with Gasteiger partial charge in [-0.2, -0.15) is 0 Å². The van der Waals surface area contributed by atoms with E-state index < -0.39 is 17.7 Å². The van der Waals surface area contributed by atoms with Crippen LogP contribution in [0.4, 0.5) is 0 Å². The zero-order chi connectivity index (χ0) is 12.3. The SMILES string of the molecule is CC1=CC(=O)C(C(=O)CCC(C)C)C(=O)O1. The van der Waals surface area contributed by atoms with Crippen molar-refractivity contribution in [3.8, 4) is 0 Å². The van der Waals surface area contributed by atoms with E-state index in [2.05, 4.69) is 0 Å². The summed E-state index contributed by atoms with van der Waals surface area (Å²) in [4.78, 5) is 34.6. The fourth-order valence-corrected chi connectivity index (χ4v) is 1.51. The van der Waals surface area contributed by atoms with Crippen molar-refractivity contribution >= 4 is 17.5 Å². The lowest BCUT2D eigenvalue weighted by molar-refractivity contribution is -0.152. The molecule has 0 aromatic rings. The van der Waals surface area contributed by atoms with Gasteiger partial charge in [0, 0.05) is 12.5 Å². The fraction of sp³-hybridized carbons (Fsp3) is 0.583. The normalized spacial score (nSPS) is 20.8. The molecule has 4 heteroatoms. The van der Waals surface area contributed by atoms with E-state index in [1.807, 2.05) is 13.8 Å². The maximum atomic E-state index is 11.7. The summed E-state index contributed by atoms with van der Waals surface area (Å²) in [5, 5.41) is 0. The molecular formula is C12H16O4. The molecule has 1 rings (SSSR count). The summed E-state index contributed by atoms with van der Waals surface area (Å²) >= 11 is 0. The predicted octanol–water partition coefficient (Wildman–Crippen LogP) is 1.64. The lowest BCUT2D eigenvalue weighted by Crippen LogP contribution is -2.35. The number of esters is 1. The molecule has 0 aliphatic carbocycles. The second kappa shape index (κ2) is 5.05. The van der Waals surface area contributed by atoms with Crippen LogP contribution >= 0.6 is 0 Å². The van der Waals surface area contributed by atoms with Crippen LogP contribution in [-0.4, -0.2) is 17.5 Å². The smallest absolute Gasteiger partial charge is 0.329 e. The third-order valence-corrected chi connectivity index (χ3v) is 2.42. The predicted molar refractivity (Wildman–Crippen MR) is 57.4 cm³/mol. The van der Waals surface area contributed by atoms with E-state index in [-0.39, 0.29) is 18.0 Å². The summed E-state index contributed by atoms with van der Waals surface area (Å²) in [6.45, 7) is 5.49. The quantitative estimate of drug-likeness (QED) is 0.538. The molecule has 16 heavy (non-hydrogen) atoms. The van der Waals surface area contributed by atoms with Gasteiger partial charge >= 0.3 is 5.97 Å². The molecule has 0 aromatic carbocycles. The number of carbonyl (C=O) groups is 3. The van der Waals surface area contributed by atoms with Crippen LogP contribution in [0.2, 0.25) is 0 Å². The number of hydrogen-bond donors (Lipinski definition) is 0. The van der Waals surface area contributed by atoms with Crippen molar-refractivity contribution < 1.29 is 19.1 Å². The largest absolute Gasteiger partial charge is 0.430 e. The average Bonchev–Trinajstić information content (AvgIpc) is 2.12. The Morgan fingerprint density at radius 3 is 2.56 bits per heavy atom. The number of Topliss-reactive ketones (excluding diaryl/α,β-unsaturated/α-hetero) is 1. The third-order valence-electron chi connectivity index (χ3n) is 2.42. The molecule has 0 N–H and O–H groups in total. The number of ketones is 2. The Morgan fingerprint density at radius 2 is 2.06 bits per heavy atom. The highest BCUT2D eigenvalue weighted by molar-refractivity contribution is 6.21. The van der Waals surface area contributed by atoms with Crippen LogP contribution in [0.15, 0.2) is 11.8 Å². The lowest BCUT2D eigenvalue weighted by atomic mass is 9.92. The number of ether oxygens (including phenoxy) is 1. The minimum atomic E-state index is -1.23. The molecule has 0 aromatic heterocycles. The number of rotatable bonds is 4. The number of allylic oxidation sites excluding steroid dienone is 2. The Morgan fingerprint density at radius 1 is 1.44 bits per heavy atom. The first-order valence-electron chi connectivity index (χ1n) is 5.38. The molecule has 1 heterocycles. The maximum absolute atomic E-state index is 11.7.